The van der Waals surface area contributed by atoms with Crippen molar-refractivity contribution in [2.24, 2.45) is 4.99 Å². The second kappa shape index (κ2) is 8.20. The molecule has 2 aromatic rings. The summed E-state index contributed by atoms with van der Waals surface area (Å²) in [6, 6.07) is 8.84. The van der Waals surface area contributed by atoms with Gasteiger partial charge in [0, 0.05) is 44.3 Å². The van der Waals surface area contributed by atoms with Gasteiger partial charge in [0.2, 0.25) is 0 Å². The van der Waals surface area contributed by atoms with E-state index in [0.717, 1.165) is 32.6 Å². The number of imidazole rings is 1. The van der Waals surface area contributed by atoms with Crippen molar-refractivity contribution in [1.82, 2.24) is 14.5 Å². The second-order valence-corrected chi connectivity index (χ2v) is 6.99. The molecule has 0 saturated carbocycles. The number of benzene rings is 1. The first-order chi connectivity index (χ1) is 11.3. The van der Waals surface area contributed by atoms with E-state index >= 15 is 0 Å². The predicted octanol–water partition coefficient (Wildman–Crippen LogP) is 3.58. The van der Waals surface area contributed by atoms with Crippen LogP contribution in [-0.4, -0.2) is 38.5 Å². The Morgan fingerprint density at radius 3 is 2.83 bits per heavy atom. The topological polar surface area (TPSA) is 33.4 Å². The molecule has 0 bridgehead atoms. The van der Waals surface area contributed by atoms with Gasteiger partial charge in [0.05, 0.1) is 6.33 Å². The first-order valence-electron chi connectivity index (χ1n) is 8.25. The van der Waals surface area contributed by atoms with Crippen LogP contribution in [0, 0.1) is 6.92 Å². The highest BCUT2D eigenvalue weighted by molar-refractivity contribution is 8.13. The Morgan fingerprint density at radius 1 is 1.26 bits per heavy atom. The Balaban J connectivity index is 1.63. The second-order valence-electron chi connectivity index (χ2n) is 5.93. The first kappa shape index (κ1) is 16.1. The molecule has 0 saturated heterocycles. The summed E-state index contributed by atoms with van der Waals surface area (Å²) in [6.07, 6.45) is 8.04. The van der Waals surface area contributed by atoms with Gasteiger partial charge < -0.3 is 9.47 Å². The fourth-order valence-electron chi connectivity index (χ4n) is 2.66. The van der Waals surface area contributed by atoms with Crippen molar-refractivity contribution in [2.45, 2.75) is 32.9 Å². The van der Waals surface area contributed by atoms with Crippen LogP contribution in [0.1, 0.15) is 24.0 Å². The van der Waals surface area contributed by atoms with Crippen molar-refractivity contribution in [3.8, 4) is 0 Å². The maximum atomic E-state index is 4.75. The van der Waals surface area contributed by atoms with Crippen LogP contribution < -0.4 is 0 Å². The van der Waals surface area contributed by atoms with Gasteiger partial charge in [-0.05, 0) is 25.3 Å². The van der Waals surface area contributed by atoms with Crippen LogP contribution in [0.5, 0.6) is 0 Å². The summed E-state index contributed by atoms with van der Waals surface area (Å²) in [5, 5.41) is 1.21. The Morgan fingerprint density at radius 2 is 2.13 bits per heavy atom. The summed E-state index contributed by atoms with van der Waals surface area (Å²) in [5.74, 6) is 1.19. The summed E-state index contributed by atoms with van der Waals surface area (Å²) >= 11 is 1.90. The third-order valence-electron chi connectivity index (χ3n) is 3.95. The lowest BCUT2D eigenvalue weighted by Crippen LogP contribution is -2.31. The molecule has 1 aliphatic rings. The fraction of sp³-hybridized carbons (Fsp3) is 0.444. The van der Waals surface area contributed by atoms with Gasteiger partial charge in [-0.25, -0.2) is 4.98 Å². The molecule has 1 aliphatic heterocycles. The largest absolute Gasteiger partial charge is 0.347 e. The van der Waals surface area contributed by atoms with E-state index in [-0.39, 0.29) is 0 Å². The van der Waals surface area contributed by atoms with Crippen molar-refractivity contribution in [1.29, 1.82) is 0 Å². The van der Waals surface area contributed by atoms with E-state index in [4.69, 9.17) is 4.99 Å². The molecule has 0 unspecified atom stereocenters. The van der Waals surface area contributed by atoms with Crippen LogP contribution in [0.25, 0.3) is 0 Å². The lowest BCUT2D eigenvalue weighted by molar-refractivity contribution is 0.396. The molecule has 4 nitrogen and oxygen atoms in total. The van der Waals surface area contributed by atoms with Gasteiger partial charge in [-0.15, -0.1) is 0 Å². The maximum absolute atomic E-state index is 4.75. The minimum atomic E-state index is 0.941. The van der Waals surface area contributed by atoms with E-state index in [2.05, 4.69) is 45.6 Å². The average molecular weight is 328 g/mol. The summed E-state index contributed by atoms with van der Waals surface area (Å²) in [6.45, 7) is 6.07. The Labute approximate surface area is 142 Å². The molecule has 23 heavy (non-hydrogen) atoms. The van der Waals surface area contributed by atoms with E-state index in [1.165, 1.54) is 28.5 Å². The lowest BCUT2D eigenvalue weighted by Gasteiger charge is -2.27. The number of rotatable bonds is 6. The number of aromatic nitrogens is 2. The van der Waals surface area contributed by atoms with Crippen LogP contribution in [0.4, 0.5) is 0 Å². The number of aliphatic imine (C=N–C) groups is 1. The van der Waals surface area contributed by atoms with Crippen LogP contribution in [0.3, 0.4) is 0 Å². The zero-order valence-corrected chi connectivity index (χ0v) is 14.5. The molecular formula is C18H24N4S. The number of aryl methyl sites for hydroxylation is 2. The molecule has 3 rings (SSSR count). The predicted molar refractivity (Wildman–Crippen MR) is 97.8 cm³/mol. The van der Waals surface area contributed by atoms with E-state index < -0.39 is 0 Å². The Bertz CT molecular complexity index is 619. The molecular weight excluding hydrogens is 304 g/mol. The minimum Gasteiger partial charge on any atom is -0.347 e. The standard InChI is InChI=1S/C18H24N4S/c1-16-4-6-17(7-5-16)14-22(18-20-8-2-13-23-18)11-3-10-21-12-9-19-15-21/h4-7,9,12,15H,2-3,8,10-11,13-14H2,1H3. The molecule has 2 heterocycles. The van der Waals surface area contributed by atoms with Crippen molar-refractivity contribution in [3.05, 3.63) is 54.1 Å². The van der Waals surface area contributed by atoms with Crippen LogP contribution in [0.2, 0.25) is 0 Å². The van der Waals surface area contributed by atoms with Gasteiger partial charge in [-0.3, -0.25) is 4.99 Å². The molecule has 0 aliphatic carbocycles. The highest BCUT2D eigenvalue weighted by atomic mass is 32.2. The molecule has 0 fully saturated rings. The monoisotopic (exact) mass is 328 g/mol. The van der Waals surface area contributed by atoms with E-state index in [9.17, 15) is 0 Å². The average Bonchev–Trinajstić information content (AvgIpc) is 3.10. The van der Waals surface area contributed by atoms with Crippen molar-refractivity contribution in [2.75, 3.05) is 18.8 Å². The van der Waals surface area contributed by atoms with Gasteiger partial charge >= 0.3 is 0 Å². The molecule has 5 heteroatoms. The SMILES string of the molecule is Cc1ccc(CN(CCCn2ccnc2)C2=NCCCS2)cc1. The van der Waals surface area contributed by atoms with Gasteiger partial charge in [-0.1, -0.05) is 41.6 Å². The molecule has 1 aromatic carbocycles. The van der Waals surface area contributed by atoms with Crippen LogP contribution in [-0.2, 0) is 13.1 Å². The number of amidine groups is 1. The third kappa shape index (κ3) is 4.86. The zero-order chi connectivity index (χ0) is 15.9. The number of thioether (sulfide) groups is 1. The van der Waals surface area contributed by atoms with E-state index in [1.807, 2.05) is 30.5 Å². The van der Waals surface area contributed by atoms with Crippen LogP contribution in [0.15, 0.2) is 48.0 Å². The minimum absolute atomic E-state index is 0.941. The highest BCUT2D eigenvalue weighted by Crippen LogP contribution is 2.19. The highest BCUT2D eigenvalue weighted by Gasteiger charge is 2.15. The molecule has 0 spiro atoms. The van der Waals surface area contributed by atoms with Gasteiger partial charge in [-0.2, -0.15) is 0 Å². The lowest BCUT2D eigenvalue weighted by atomic mass is 10.1. The number of hydrogen-bond donors (Lipinski definition) is 0. The third-order valence-corrected chi connectivity index (χ3v) is 5.09. The molecule has 0 N–H and O–H groups in total. The molecule has 0 amide bonds. The van der Waals surface area contributed by atoms with Crippen molar-refractivity contribution < 1.29 is 0 Å². The van der Waals surface area contributed by atoms with Gasteiger partial charge in [0.15, 0.2) is 5.17 Å². The van der Waals surface area contributed by atoms with Gasteiger partial charge in [0.25, 0.3) is 0 Å². The van der Waals surface area contributed by atoms with Gasteiger partial charge in [0.1, 0.15) is 0 Å². The fourth-order valence-corrected chi connectivity index (χ4v) is 3.64. The van der Waals surface area contributed by atoms with E-state index in [0.29, 0.717) is 0 Å². The first-order valence-corrected chi connectivity index (χ1v) is 9.23. The summed E-state index contributed by atoms with van der Waals surface area (Å²) < 4.78 is 2.14. The maximum Gasteiger partial charge on any atom is 0.159 e. The van der Waals surface area contributed by atoms with Crippen molar-refractivity contribution in [3.63, 3.8) is 0 Å². The smallest absolute Gasteiger partial charge is 0.159 e. The Kier molecular flexibility index (Phi) is 5.75. The Hall–Kier alpha value is -1.75. The van der Waals surface area contributed by atoms with Crippen molar-refractivity contribution >= 4 is 16.9 Å². The van der Waals surface area contributed by atoms with E-state index in [1.54, 1.807) is 0 Å². The molecule has 122 valence electrons. The zero-order valence-electron chi connectivity index (χ0n) is 13.7. The summed E-state index contributed by atoms with van der Waals surface area (Å²) in [4.78, 5) is 11.3. The summed E-state index contributed by atoms with van der Waals surface area (Å²) in [5.41, 5.74) is 2.66. The molecule has 1 aromatic heterocycles. The molecule has 0 atom stereocenters. The number of nitrogens with zero attached hydrogens (tertiary/aromatic N) is 4. The molecule has 0 radical (unpaired) electrons. The quantitative estimate of drug-likeness (QED) is 0.813. The summed E-state index contributed by atoms with van der Waals surface area (Å²) in [7, 11) is 0. The normalized spacial score (nSPS) is 14.6. The van der Waals surface area contributed by atoms with Crippen LogP contribution >= 0.6 is 11.8 Å². The number of hydrogen-bond acceptors (Lipinski definition) is 4.